The quantitative estimate of drug-likeness (QED) is 0.761. The summed E-state index contributed by atoms with van der Waals surface area (Å²) in [6, 6.07) is 5.45. The molecule has 1 aromatic carbocycles. The van der Waals surface area contributed by atoms with Crippen molar-refractivity contribution in [1.29, 1.82) is 0 Å². The van der Waals surface area contributed by atoms with E-state index in [1.54, 1.807) is 12.1 Å². The van der Waals surface area contributed by atoms with Crippen molar-refractivity contribution in [3.05, 3.63) is 52.2 Å². The van der Waals surface area contributed by atoms with Gasteiger partial charge in [0.25, 0.3) is 12.0 Å². The zero-order chi connectivity index (χ0) is 17.6. The minimum Gasteiger partial charge on any atom is -0.321 e. The summed E-state index contributed by atoms with van der Waals surface area (Å²) >= 11 is 0. The number of alkyl halides is 2. The Morgan fingerprint density at radius 3 is 2.68 bits per heavy atom. The average Bonchev–Trinajstić information content (AvgIpc) is 3.06. The van der Waals surface area contributed by atoms with Gasteiger partial charge in [0.1, 0.15) is 11.6 Å². The molecule has 0 unspecified atom stereocenters. The van der Waals surface area contributed by atoms with Crippen molar-refractivity contribution in [2.45, 2.75) is 31.7 Å². The van der Waals surface area contributed by atoms with Crippen LogP contribution in [0.3, 0.4) is 0 Å². The maximum Gasteiger partial charge on any atom is 0.267 e. The fraction of sp³-hybridized carbons (Fsp3) is 0.353. The van der Waals surface area contributed by atoms with Crippen LogP contribution in [0.4, 0.5) is 8.78 Å². The molecule has 8 heteroatoms. The van der Waals surface area contributed by atoms with Gasteiger partial charge in [-0.25, -0.2) is 18.3 Å². The monoisotopic (exact) mass is 345 g/mol. The zero-order valence-electron chi connectivity index (χ0n) is 13.3. The van der Waals surface area contributed by atoms with Gasteiger partial charge < -0.3 is 5.73 Å². The lowest BCUT2D eigenvalue weighted by molar-refractivity contribution is 0.153. The van der Waals surface area contributed by atoms with E-state index in [0.717, 1.165) is 19.3 Å². The van der Waals surface area contributed by atoms with Gasteiger partial charge in [0.2, 0.25) is 0 Å². The van der Waals surface area contributed by atoms with Crippen molar-refractivity contribution in [3.63, 3.8) is 0 Å². The summed E-state index contributed by atoms with van der Waals surface area (Å²) in [6.45, 7) is 0. The first kappa shape index (κ1) is 15.9. The van der Waals surface area contributed by atoms with E-state index in [4.69, 9.17) is 5.73 Å². The molecule has 25 heavy (non-hydrogen) atoms. The molecule has 0 radical (unpaired) electrons. The second kappa shape index (κ2) is 6.03. The molecule has 6 nitrogen and oxygen atoms in total. The first-order valence-electron chi connectivity index (χ1n) is 8.17. The number of benzene rings is 1. The van der Waals surface area contributed by atoms with Crippen molar-refractivity contribution in [2.24, 2.45) is 11.7 Å². The predicted molar refractivity (Wildman–Crippen MR) is 88.7 cm³/mol. The second-order valence-electron chi connectivity index (χ2n) is 6.31. The first-order valence-corrected chi connectivity index (χ1v) is 8.17. The number of nitrogens with zero attached hydrogens (tertiary/aromatic N) is 3. The number of halogens is 2. The van der Waals surface area contributed by atoms with E-state index >= 15 is 0 Å². The summed E-state index contributed by atoms with van der Waals surface area (Å²) in [5.74, 6) is 0.975. The molecule has 0 saturated heterocycles. The third kappa shape index (κ3) is 2.53. The molecule has 4 rings (SSSR count). The normalized spacial score (nSPS) is 16.3. The van der Waals surface area contributed by atoms with Crippen molar-refractivity contribution in [3.8, 4) is 5.82 Å². The molecule has 2 heterocycles. The predicted octanol–water partition coefficient (Wildman–Crippen LogP) is 2.85. The van der Waals surface area contributed by atoms with Crippen LogP contribution < -0.4 is 11.3 Å². The highest BCUT2D eigenvalue weighted by atomic mass is 19.3. The lowest BCUT2D eigenvalue weighted by Gasteiger charge is -2.31. The molecule has 0 bridgehead atoms. The highest BCUT2D eigenvalue weighted by molar-refractivity contribution is 5.82. The lowest BCUT2D eigenvalue weighted by Crippen LogP contribution is -2.34. The third-order valence-electron chi connectivity index (χ3n) is 4.87. The fourth-order valence-electron chi connectivity index (χ4n) is 3.29. The summed E-state index contributed by atoms with van der Waals surface area (Å²) in [5.41, 5.74) is 5.71. The Morgan fingerprint density at radius 1 is 1.28 bits per heavy atom. The maximum atomic E-state index is 13.4. The Labute approximate surface area is 141 Å². The van der Waals surface area contributed by atoms with Crippen molar-refractivity contribution in [2.75, 3.05) is 0 Å². The minimum atomic E-state index is -2.76. The van der Waals surface area contributed by atoms with Gasteiger partial charge in [0.15, 0.2) is 0 Å². The van der Waals surface area contributed by atoms with E-state index in [1.807, 2.05) is 0 Å². The number of nitrogens with one attached hydrogen (secondary N) is 1. The Kier molecular flexibility index (Phi) is 3.84. The van der Waals surface area contributed by atoms with Crippen LogP contribution in [0.5, 0.6) is 0 Å². The standard InChI is InChI=1S/C17H17F2N5O/c18-15(19)10-5-2-6-11-13(10)17(25)24(12-7-8-21-23-12)16(22-11)14(20)9-3-1-4-9/h2,5-9,14-15H,1,3-4,20H2,(H,21,23)/t14-/m0/s1. The van der Waals surface area contributed by atoms with Crippen molar-refractivity contribution < 1.29 is 8.78 Å². The molecular formula is C17H17F2N5O. The van der Waals surface area contributed by atoms with Crippen LogP contribution in [0.1, 0.15) is 43.1 Å². The fourth-order valence-corrected chi connectivity index (χ4v) is 3.29. The van der Waals surface area contributed by atoms with E-state index in [0.29, 0.717) is 11.6 Å². The molecule has 1 atom stereocenters. The van der Waals surface area contributed by atoms with Crippen LogP contribution in [0.15, 0.2) is 35.3 Å². The van der Waals surface area contributed by atoms with Gasteiger partial charge in [-0.2, -0.15) is 5.10 Å². The molecule has 0 aliphatic heterocycles. The Hall–Kier alpha value is -2.61. The topological polar surface area (TPSA) is 89.6 Å². The van der Waals surface area contributed by atoms with Crippen LogP contribution in [-0.4, -0.2) is 19.7 Å². The van der Waals surface area contributed by atoms with Crippen molar-refractivity contribution in [1.82, 2.24) is 19.7 Å². The maximum absolute atomic E-state index is 13.4. The highest BCUT2D eigenvalue weighted by Crippen LogP contribution is 2.36. The number of H-pyrrole nitrogens is 1. The smallest absolute Gasteiger partial charge is 0.267 e. The molecule has 1 aliphatic carbocycles. The average molecular weight is 345 g/mol. The largest absolute Gasteiger partial charge is 0.321 e. The highest BCUT2D eigenvalue weighted by Gasteiger charge is 2.30. The molecule has 1 aliphatic rings. The summed E-state index contributed by atoms with van der Waals surface area (Å²) in [7, 11) is 0. The van der Waals surface area contributed by atoms with E-state index in [-0.39, 0.29) is 22.4 Å². The summed E-state index contributed by atoms with van der Waals surface area (Å²) in [6.07, 6.45) is 1.75. The van der Waals surface area contributed by atoms with E-state index in [9.17, 15) is 13.6 Å². The molecule has 3 N–H and O–H groups in total. The summed E-state index contributed by atoms with van der Waals surface area (Å²) in [5, 5.41) is 6.48. The summed E-state index contributed by atoms with van der Waals surface area (Å²) in [4.78, 5) is 17.6. The van der Waals surface area contributed by atoms with Gasteiger partial charge in [-0.3, -0.25) is 9.89 Å². The minimum absolute atomic E-state index is 0.0864. The molecule has 0 spiro atoms. The number of hydrogen-bond acceptors (Lipinski definition) is 4. The third-order valence-corrected chi connectivity index (χ3v) is 4.87. The number of rotatable bonds is 4. The van der Waals surface area contributed by atoms with Gasteiger partial charge in [-0.05, 0) is 24.8 Å². The SMILES string of the molecule is N[C@H](c1nc2cccc(C(F)F)c2c(=O)n1-c1ccn[nH]1)C1CCC1. The zero-order valence-corrected chi connectivity index (χ0v) is 13.3. The van der Waals surface area contributed by atoms with Crippen LogP contribution in [0, 0.1) is 5.92 Å². The Balaban J connectivity index is 2.04. The van der Waals surface area contributed by atoms with Gasteiger partial charge >= 0.3 is 0 Å². The molecule has 0 amide bonds. The summed E-state index contributed by atoms with van der Waals surface area (Å²) < 4.78 is 28.0. The van der Waals surface area contributed by atoms with Gasteiger partial charge in [-0.1, -0.05) is 18.6 Å². The Bertz CT molecular complexity index is 963. The van der Waals surface area contributed by atoms with E-state index in [2.05, 4.69) is 15.2 Å². The lowest BCUT2D eigenvalue weighted by atomic mass is 9.79. The first-order chi connectivity index (χ1) is 12.1. The van der Waals surface area contributed by atoms with Gasteiger partial charge in [0.05, 0.1) is 23.1 Å². The van der Waals surface area contributed by atoms with Crippen LogP contribution >= 0.6 is 0 Å². The van der Waals surface area contributed by atoms with Gasteiger partial charge in [0, 0.05) is 11.6 Å². The second-order valence-corrected chi connectivity index (χ2v) is 6.31. The molecule has 2 aromatic heterocycles. The number of nitrogens with two attached hydrogens (primary N) is 1. The van der Waals surface area contributed by atoms with Crippen LogP contribution in [0.25, 0.3) is 16.7 Å². The van der Waals surface area contributed by atoms with Crippen molar-refractivity contribution >= 4 is 10.9 Å². The molecule has 1 fully saturated rings. The number of aromatic nitrogens is 4. The number of fused-ring (bicyclic) bond motifs is 1. The molecule has 130 valence electrons. The molecular weight excluding hydrogens is 328 g/mol. The Morgan fingerprint density at radius 2 is 2.08 bits per heavy atom. The van der Waals surface area contributed by atoms with Crippen LogP contribution in [-0.2, 0) is 0 Å². The number of hydrogen-bond donors (Lipinski definition) is 2. The molecule has 3 aromatic rings. The van der Waals surface area contributed by atoms with Crippen LogP contribution in [0.2, 0.25) is 0 Å². The number of aromatic amines is 1. The van der Waals surface area contributed by atoms with E-state index < -0.39 is 18.0 Å². The van der Waals surface area contributed by atoms with Gasteiger partial charge in [-0.15, -0.1) is 0 Å². The molecule has 1 saturated carbocycles. The van der Waals surface area contributed by atoms with E-state index in [1.165, 1.54) is 22.9 Å².